The van der Waals surface area contributed by atoms with Gasteiger partial charge >= 0.3 is 5.97 Å². The fourth-order valence-electron chi connectivity index (χ4n) is 1.81. The van der Waals surface area contributed by atoms with Crippen molar-refractivity contribution in [1.82, 2.24) is 0 Å². The van der Waals surface area contributed by atoms with Crippen LogP contribution >= 0.6 is 0 Å². The lowest BCUT2D eigenvalue weighted by Crippen LogP contribution is -2.45. The number of carboxylic acids is 1. The Balaban J connectivity index is 1.91. The van der Waals surface area contributed by atoms with Gasteiger partial charge in [-0.05, 0) is 30.2 Å². The van der Waals surface area contributed by atoms with Crippen LogP contribution in [0.1, 0.15) is 6.92 Å². The number of hydrogen-bond donors (Lipinski definition) is 1. The molecule has 0 spiro atoms. The summed E-state index contributed by atoms with van der Waals surface area (Å²) in [6, 6.07) is 7.54. The van der Waals surface area contributed by atoms with Gasteiger partial charge in [0.15, 0.2) is 6.61 Å². The molecule has 16 heavy (non-hydrogen) atoms. The molecule has 0 radical (unpaired) electrons. The van der Waals surface area contributed by atoms with Gasteiger partial charge in [-0.25, -0.2) is 4.79 Å². The summed E-state index contributed by atoms with van der Waals surface area (Å²) in [6.45, 7) is 4.12. The van der Waals surface area contributed by atoms with E-state index in [0.29, 0.717) is 5.75 Å². The highest BCUT2D eigenvalue weighted by Gasteiger charge is 2.22. The predicted octanol–water partition coefficient (Wildman–Crippen LogP) is 1.61. The van der Waals surface area contributed by atoms with E-state index >= 15 is 0 Å². The van der Waals surface area contributed by atoms with E-state index in [2.05, 4.69) is 11.8 Å². The van der Waals surface area contributed by atoms with Crippen LogP contribution in [0.25, 0.3) is 0 Å². The van der Waals surface area contributed by atoms with Gasteiger partial charge in [0.25, 0.3) is 0 Å². The first-order chi connectivity index (χ1) is 7.65. The van der Waals surface area contributed by atoms with Crippen molar-refractivity contribution in [3.8, 4) is 5.75 Å². The molecule has 0 amide bonds. The Morgan fingerprint density at radius 3 is 2.56 bits per heavy atom. The largest absolute Gasteiger partial charge is 0.482 e. The SMILES string of the molecule is CC1CN(c2ccc(OCC(=O)O)cc2)C1. The number of hydrogen-bond acceptors (Lipinski definition) is 3. The molecule has 1 aliphatic heterocycles. The number of carboxylic acid groups (broad SMARTS) is 1. The minimum Gasteiger partial charge on any atom is -0.482 e. The number of rotatable bonds is 4. The van der Waals surface area contributed by atoms with Crippen molar-refractivity contribution in [2.75, 3.05) is 24.6 Å². The van der Waals surface area contributed by atoms with Crippen LogP contribution in [0, 0.1) is 5.92 Å². The summed E-state index contributed by atoms with van der Waals surface area (Å²) in [6.07, 6.45) is 0. The topological polar surface area (TPSA) is 49.8 Å². The molecule has 0 saturated carbocycles. The highest BCUT2D eigenvalue weighted by Crippen LogP contribution is 2.25. The lowest BCUT2D eigenvalue weighted by Gasteiger charge is -2.39. The van der Waals surface area contributed by atoms with Crippen molar-refractivity contribution in [1.29, 1.82) is 0 Å². The number of anilines is 1. The van der Waals surface area contributed by atoms with E-state index in [9.17, 15) is 4.79 Å². The summed E-state index contributed by atoms with van der Waals surface area (Å²) in [5, 5.41) is 8.46. The summed E-state index contributed by atoms with van der Waals surface area (Å²) < 4.78 is 5.06. The fraction of sp³-hybridized carbons (Fsp3) is 0.417. The van der Waals surface area contributed by atoms with Gasteiger partial charge in [0, 0.05) is 18.8 Å². The summed E-state index contributed by atoms with van der Waals surface area (Å²) in [5.41, 5.74) is 1.17. The number of benzene rings is 1. The molecule has 0 bridgehead atoms. The molecule has 0 unspecified atom stereocenters. The van der Waals surface area contributed by atoms with Crippen molar-refractivity contribution in [3.05, 3.63) is 24.3 Å². The third-order valence-corrected chi connectivity index (χ3v) is 2.63. The maximum Gasteiger partial charge on any atom is 0.341 e. The van der Waals surface area contributed by atoms with Crippen LogP contribution in [0.4, 0.5) is 5.69 Å². The van der Waals surface area contributed by atoms with Crippen molar-refractivity contribution < 1.29 is 14.6 Å². The molecule has 0 aromatic heterocycles. The third kappa shape index (κ3) is 2.45. The molecule has 4 heteroatoms. The molecule has 1 saturated heterocycles. The lowest BCUT2D eigenvalue weighted by molar-refractivity contribution is -0.139. The predicted molar refractivity (Wildman–Crippen MR) is 60.9 cm³/mol. The Kier molecular flexibility index (Phi) is 2.99. The maximum atomic E-state index is 10.3. The van der Waals surface area contributed by atoms with E-state index in [1.54, 1.807) is 12.1 Å². The normalized spacial score (nSPS) is 15.7. The van der Waals surface area contributed by atoms with E-state index in [0.717, 1.165) is 19.0 Å². The van der Waals surface area contributed by atoms with E-state index in [1.807, 2.05) is 12.1 Å². The molecule has 1 N–H and O–H groups in total. The van der Waals surface area contributed by atoms with Crippen molar-refractivity contribution in [2.45, 2.75) is 6.92 Å². The van der Waals surface area contributed by atoms with Crippen LogP contribution in [0.15, 0.2) is 24.3 Å². The summed E-state index contributed by atoms with van der Waals surface area (Å²) in [4.78, 5) is 12.6. The Labute approximate surface area is 94.4 Å². The zero-order valence-corrected chi connectivity index (χ0v) is 9.22. The van der Waals surface area contributed by atoms with E-state index in [1.165, 1.54) is 5.69 Å². The summed E-state index contributed by atoms with van der Waals surface area (Å²) in [5.74, 6) is 0.406. The first kappa shape index (κ1) is 10.8. The van der Waals surface area contributed by atoms with Crippen LogP contribution in [0.2, 0.25) is 0 Å². The molecular formula is C12H15NO3. The van der Waals surface area contributed by atoms with Gasteiger partial charge in [-0.2, -0.15) is 0 Å². The first-order valence-corrected chi connectivity index (χ1v) is 5.35. The van der Waals surface area contributed by atoms with Crippen LogP contribution in [-0.2, 0) is 4.79 Å². The lowest BCUT2D eigenvalue weighted by atomic mass is 10.0. The van der Waals surface area contributed by atoms with Gasteiger partial charge < -0.3 is 14.7 Å². The number of carbonyl (C=O) groups is 1. The van der Waals surface area contributed by atoms with E-state index in [-0.39, 0.29) is 6.61 Å². The highest BCUT2D eigenvalue weighted by molar-refractivity contribution is 5.68. The van der Waals surface area contributed by atoms with Gasteiger partial charge in [0.1, 0.15) is 5.75 Å². The molecule has 1 aromatic rings. The summed E-state index contributed by atoms with van der Waals surface area (Å²) in [7, 11) is 0. The monoisotopic (exact) mass is 221 g/mol. The van der Waals surface area contributed by atoms with Crippen molar-refractivity contribution >= 4 is 11.7 Å². The molecule has 1 fully saturated rings. The Morgan fingerprint density at radius 2 is 2.06 bits per heavy atom. The van der Waals surface area contributed by atoms with Crippen LogP contribution in [0.3, 0.4) is 0 Å². The second-order valence-electron chi connectivity index (χ2n) is 4.19. The number of ether oxygens (including phenoxy) is 1. The van der Waals surface area contributed by atoms with Gasteiger partial charge in [-0.15, -0.1) is 0 Å². The van der Waals surface area contributed by atoms with Crippen LogP contribution < -0.4 is 9.64 Å². The highest BCUT2D eigenvalue weighted by atomic mass is 16.5. The fourth-order valence-corrected chi connectivity index (χ4v) is 1.81. The quantitative estimate of drug-likeness (QED) is 0.839. The van der Waals surface area contributed by atoms with Crippen molar-refractivity contribution in [3.63, 3.8) is 0 Å². The average molecular weight is 221 g/mol. The smallest absolute Gasteiger partial charge is 0.341 e. The molecular weight excluding hydrogens is 206 g/mol. The van der Waals surface area contributed by atoms with Crippen molar-refractivity contribution in [2.24, 2.45) is 5.92 Å². The summed E-state index contributed by atoms with van der Waals surface area (Å²) >= 11 is 0. The second-order valence-corrected chi connectivity index (χ2v) is 4.19. The Morgan fingerprint density at radius 1 is 1.44 bits per heavy atom. The van der Waals surface area contributed by atoms with E-state index < -0.39 is 5.97 Å². The molecule has 1 heterocycles. The van der Waals surface area contributed by atoms with E-state index in [4.69, 9.17) is 9.84 Å². The molecule has 4 nitrogen and oxygen atoms in total. The maximum absolute atomic E-state index is 10.3. The molecule has 0 atom stereocenters. The molecule has 2 rings (SSSR count). The Hall–Kier alpha value is -1.71. The number of aliphatic carboxylic acids is 1. The molecule has 86 valence electrons. The zero-order chi connectivity index (χ0) is 11.5. The second kappa shape index (κ2) is 4.43. The average Bonchev–Trinajstić information content (AvgIpc) is 2.23. The third-order valence-electron chi connectivity index (χ3n) is 2.63. The number of nitrogens with zero attached hydrogens (tertiary/aromatic N) is 1. The van der Waals surface area contributed by atoms with Crippen LogP contribution in [0.5, 0.6) is 5.75 Å². The van der Waals surface area contributed by atoms with Gasteiger partial charge in [0.2, 0.25) is 0 Å². The molecule has 1 aromatic carbocycles. The first-order valence-electron chi connectivity index (χ1n) is 5.35. The minimum atomic E-state index is -0.958. The Bertz CT molecular complexity index is 368. The minimum absolute atomic E-state index is 0.292. The zero-order valence-electron chi connectivity index (χ0n) is 9.22. The molecule has 0 aliphatic carbocycles. The van der Waals surface area contributed by atoms with Gasteiger partial charge in [-0.1, -0.05) is 6.92 Å². The van der Waals surface area contributed by atoms with Crippen LogP contribution in [-0.4, -0.2) is 30.8 Å². The van der Waals surface area contributed by atoms with Gasteiger partial charge in [0.05, 0.1) is 0 Å². The standard InChI is InChI=1S/C12H15NO3/c1-9-6-13(7-9)10-2-4-11(5-3-10)16-8-12(14)15/h2-5,9H,6-8H2,1H3,(H,14,15). The van der Waals surface area contributed by atoms with Gasteiger partial charge in [-0.3, -0.25) is 0 Å². The molecule has 1 aliphatic rings.